The van der Waals surface area contributed by atoms with Crippen LogP contribution in [0.15, 0.2) is 103 Å². The number of nitrogens with one attached hydrogen (secondary N) is 1. The van der Waals surface area contributed by atoms with E-state index < -0.39 is 6.04 Å². The zero-order chi connectivity index (χ0) is 33.6. The lowest BCUT2D eigenvalue weighted by Gasteiger charge is -2.24. The van der Waals surface area contributed by atoms with Gasteiger partial charge in [-0.05, 0) is 72.5 Å². The minimum Gasteiger partial charge on any atom is -0.497 e. The molecule has 0 aromatic heterocycles. The van der Waals surface area contributed by atoms with Crippen molar-refractivity contribution in [2.45, 2.75) is 39.7 Å². The minimum absolute atomic E-state index is 0. The van der Waals surface area contributed by atoms with Crippen molar-refractivity contribution >= 4 is 29.1 Å². The quantitative estimate of drug-likeness (QED) is 0.193. The molecule has 8 heteroatoms. The maximum Gasteiger partial charge on any atom is 0.249 e. The van der Waals surface area contributed by atoms with E-state index in [9.17, 15) is 14.4 Å². The largest absolute Gasteiger partial charge is 0.497 e. The van der Waals surface area contributed by atoms with Gasteiger partial charge < -0.3 is 24.6 Å². The third kappa shape index (κ3) is 10.2. The van der Waals surface area contributed by atoms with E-state index in [1.54, 1.807) is 43.2 Å². The highest BCUT2D eigenvalue weighted by atomic mass is 16.5. The fourth-order valence-electron chi connectivity index (χ4n) is 5.10. The number of hydrogen-bond donors (Lipinski definition) is 1. The normalized spacial score (nSPS) is 11.6. The summed E-state index contributed by atoms with van der Waals surface area (Å²) >= 11 is 0. The predicted octanol–water partition coefficient (Wildman–Crippen LogP) is 6.99. The first-order valence-corrected chi connectivity index (χ1v) is 15.2. The van der Waals surface area contributed by atoms with Gasteiger partial charge in [0.15, 0.2) is 0 Å². The van der Waals surface area contributed by atoms with E-state index in [1.807, 2.05) is 99.8 Å². The Hall–Kier alpha value is -5.11. The molecule has 0 radical (unpaired) electrons. The number of aryl methyl sites for hydroxylation is 1. The van der Waals surface area contributed by atoms with Crippen LogP contribution in [0.3, 0.4) is 0 Å². The third-order valence-electron chi connectivity index (χ3n) is 7.65. The summed E-state index contributed by atoms with van der Waals surface area (Å²) < 4.78 is 10.3. The summed E-state index contributed by atoms with van der Waals surface area (Å²) in [4.78, 5) is 40.2. The molecule has 0 aliphatic carbocycles. The molecule has 0 aliphatic rings. The monoisotopic (exact) mass is 629 g/mol. The molecule has 1 N–H and O–H groups in total. The van der Waals surface area contributed by atoms with Crippen molar-refractivity contribution in [3.05, 3.63) is 120 Å². The number of ether oxygens (including phenoxy) is 2. The molecule has 4 rings (SSSR count). The van der Waals surface area contributed by atoms with Gasteiger partial charge in [0, 0.05) is 49.0 Å². The van der Waals surface area contributed by atoms with Gasteiger partial charge in [0.05, 0.1) is 14.2 Å². The van der Waals surface area contributed by atoms with E-state index in [4.69, 9.17) is 9.47 Å². The predicted molar refractivity (Wildman–Crippen MR) is 191 cm³/mol. The molecule has 0 saturated carbocycles. The van der Waals surface area contributed by atoms with E-state index in [0.29, 0.717) is 6.42 Å². The van der Waals surface area contributed by atoms with Crippen molar-refractivity contribution in [1.82, 2.24) is 5.32 Å². The summed E-state index contributed by atoms with van der Waals surface area (Å²) in [6.45, 7) is 5.38. The average molecular weight is 630 g/mol. The van der Waals surface area contributed by atoms with Crippen LogP contribution in [0.25, 0.3) is 0 Å². The molecule has 0 fully saturated rings. The topological polar surface area (TPSA) is 88.2 Å². The summed E-state index contributed by atoms with van der Waals surface area (Å²) in [6, 6.07) is 32.1. The highest BCUT2D eigenvalue weighted by Crippen LogP contribution is 2.25. The fraction of sp³-hybridized carbons (Fsp3) is 0.289. The van der Waals surface area contributed by atoms with E-state index >= 15 is 0 Å². The number of carbonyl (C=O) groups is 3. The molecule has 4 aromatic rings. The van der Waals surface area contributed by atoms with Crippen molar-refractivity contribution in [3.63, 3.8) is 0 Å². The van der Waals surface area contributed by atoms with E-state index in [0.717, 1.165) is 40.4 Å². The van der Waals surface area contributed by atoms with Gasteiger partial charge in [0.1, 0.15) is 17.5 Å². The van der Waals surface area contributed by atoms with E-state index in [2.05, 4.69) is 17.4 Å². The Kier molecular flexibility index (Phi) is 13.4. The lowest BCUT2D eigenvalue weighted by molar-refractivity contribution is -0.126. The molecular formula is C38H51N3O5. The zero-order valence-corrected chi connectivity index (χ0v) is 27.8. The van der Waals surface area contributed by atoms with Gasteiger partial charge in [-0.15, -0.1) is 0 Å². The van der Waals surface area contributed by atoms with Crippen LogP contribution in [-0.2, 0) is 27.2 Å². The van der Waals surface area contributed by atoms with Crippen LogP contribution in [0.2, 0.25) is 0 Å². The smallest absolute Gasteiger partial charge is 0.249 e. The number of anilines is 2. The molecule has 4 aromatic carbocycles. The van der Waals surface area contributed by atoms with Gasteiger partial charge in [-0.3, -0.25) is 14.4 Å². The molecule has 0 aliphatic heterocycles. The number of rotatable bonds is 11. The van der Waals surface area contributed by atoms with Crippen LogP contribution in [0.5, 0.6) is 11.5 Å². The molecule has 0 heterocycles. The number of likely N-dealkylation sites (N-methyl/N-ethyl adjacent to an activating group) is 1. The van der Waals surface area contributed by atoms with Gasteiger partial charge in [0.25, 0.3) is 0 Å². The Balaban J connectivity index is 0.000000889. The SMILES string of the molecule is COc1ccc(N(C)C(=O)[C@@H](C)Cc2ccccc2)c(C)c1.COc1ccc(N(C)C(=O)[C@H](Cc2ccccc2)NC(C)=O)cc1.[HH].[HH].[HH]. The molecule has 3 amide bonds. The molecule has 0 saturated heterocycles. The van der Waals surface area contributed by atoms with Crippen LogP contribution in [0.4, 0.5) is 11.4 Å². The highest BCUT2D eigenvalue weighted by Gasteiger charge is 2.24. The standard InChI is InChI=1S/C19H22N2O3.C19H23NO2.3H2/c1-14(22)20-18(13-15-7-5-4-6-8-15)19(23)21(2)16-9-11-17(24-3)12-10-16;1-14-13-17(22-4)10-11-18(14)20(3)19(21)15(2)12-16-8-6-5-7-9-16;;;/h4-12,18H,13H2,1-3H3,(H,20,22);5-11,13,15H,12H2,1-4H3;3*1H/t18-;15-;;;/m00.../s1. The molecule has 8 nitrogen and oxygen atoms in total. The van der Waals surface area contributed by atoms with E-state index in [-0.39, 0.29) is 27.9 Å². The van der Waals surface area contributed by atoms with E-state index in [1.165, 1.54) is 12.5 Å². The lowest BCUT2D eigenvalue weighted by Crippen LogP contribution is -2.48. The average Bonchev–Trinajstić information content (AvgIpc) is 3.07. The van der Waals surface area contributed by atoms with Gasteiger partial charge in [0.2, 0.25) is 17.7 Å². The van der Waals surface area contributed by atoms with Gasteiger partial charge in [-0.25, -0.2) is 0 Å². The zero-order valence-electron chi connectivity index (χ0n) is 27.8. The van der Waals surface area contributed by atoms with Crippen molar-refractivity contribution in [2.24, 2.45) is 5.92 Å². The molecule has 0 unspecified atom stereocenters. The molecule has 2 atom stereocenters. The van der Waals surface area contributed by atoms with Crippen molar-refractivity contribution in [3.8, 4) is 11.5 Å². The Morgan fingerprint density at radius 2 is 1.24 bits per heavy atom. The Labute approximate surface area is 277 Å². The number of amides is 3. The number of nitrogens with zero attached hydrogens (tertiary/aromatic N) is 2. The van der Waals surface area contributed by atoms with Crippen LogP contribution in [-0.4, -0.2) is 52.1 Å². The third-order valence-corrected chi connectivity index (χ3v) is 7.65. The molecule has 0 bridgehead atoms. The summed E-state index contributed by atoms with van der Waals surface area (Å²) in [5, 5.41) is 2.75. The molecular weight excluding hydrogens is 578 g/mol. The number of carbonyl (C=O) groups excluding carboxylic acids is 3. The van der Waals surface area contributed by atoms with Crippen LogP contribution < -0.4 is 24.6 Å². The maximum atomic E-state index is 12.8. The van der Waals surface area contributed by atoms with Crippen LogP contribution in [0, 0.1) is 12.8 Å². The number of methoxy groups -OCH3 is 2. The first-order valence-electron chi connectivity index (χ1n) is 15.2. The highest BCUT2D eigenvalue weighted by molar-refractivity contribution is 5.99. The van der Waals surface area contributed by atoms with Crippen LogP contribution in [0.1, 0.15) is 34.8 Å². The second-order valence-electron chi connectivity index (χ2n) is 11.2. The number of benzene rings is 4. The second-order valence-corrected chi connectivity index (χ2v) is 11.2. The first-order chi connectivity index (χ1) is 22.0. The summed E-state index contributed by atoms with van der Waals surface area (Å²) in [5.74, 6) is 1.19. The minimum atomic E-state index is -0.614. The first kappa shape index (κ1) is 35.4. The summed E-state index contributed by atoms with van der Waals surface area (Å²) in [5.41, 5.74) is 4.87. The van der Waals surface area contributed by atoms with Gasteiger partial charge in [-0.2, -0.15) is 0 Å². The van der Waals surface area contributed by atoms with Gasteiger partial charge >= 0.3 is 0 Å². The lowest BCUT2D eigenvalue weighted by atomic mass is 9.99. The maximum absolute atomic E-state index is 12.8. The van der Waals surface area contributed by atoms with Gasteiger partial charge in [-0.1, -0.05) is 67.6 Å². The second kappa shape index (κ2) is 17.4. The molecule has 0 spiro atoms. The molecule has 248 valence electrons. The number of hydrogen-bond acceptors (Lipinski definition) is 5. The van der Waals surface area contributed by atoms with Crippen molar-refractivity contribution in [1.29, 1.82) is 0 Å². The Morgan fingerprint density at radius 3 is 1.74 bits per heavy atom. The van der Waals surface area contributed by atoms with Crippen molar-refractivity contribution < 1.29 is 28.1 Å². The Bertz CT molecular complexity index is 1580. The van der Waals surface area contributed by atoms with Crippen LogP contribution >= 0.6 is 0 Å². The Morgan fingerprint density at radius 1 is 0.717 bits per heavy atom. The molecule has 46 heavy (non-hydrogen) atoms. The fourth-order valence-corrected chi connectivity index (χ4v) is 5.10. The summed E-state index contributed by atoms with van der Waals surface area (Å²) in [6.07, 6.45) is 1.19. The van der Waals surface area contributed by atoms with Crippen molar-refractivity contribution in [2.75, 3.05) is 38.1 Å². The summed E-state index contributed by atoms with van der Waals surface area (Å²) in [7, 11) is 6.77.